The van der Waals surface area contributed by atoms with Crippen molar-refractivity contribution in [3.05, 3.63) is 63.6 Å². The van der Waals surface area contributed by atoms with Crippen LogP contribution in [0.25, 0.3) is 0 Å². The fourth-order valence-electron chi connectivity index (χ4n) is 2.40. The topological polar surface area (TPSA) is 38.5 Å². The van der Waals surface area contributed by atoms with E-state index in [0.29, 0.717) is 6.54 Å². The first-order valence-corrected chi connectivity index (χ1v) is 7.70. The van der Waals surface area contributed by atoms with Crippen LogP contribution in [0, 0.1) is 0 Å². The molecule has 0 aliphatic heterocycles. The van der Waals surface area contributed by atoms with Crippen molar-refractivity contribution < 1.29 is 4.74 Å². The molecule has 0 atom stereocenters. The van der Waals surface area contributed by atoms with Gasteiger partial charge in [0.1, 0.15) is 5.75 Å². The van der Waals surface area contributed by atoms with Gasteiger partial charge in [0.25, 0.3) is 0 Å². The maximum Gasteiger partial charge on any atom is 0.123 e. The molecule has 4 heteroatoms. The molecule has 3 nitrogen and oxygen atoms in total. The first kappa shape index (κ1) is 16.0. The van der Waals surface area contributed by atoms with Crippen LogP contribution in [0.4, 0.5) is 0 Å². The number of halogens is 1. The maximum atomic E-state index is 5.77. The van der Waals surface area contributed by atoms with Crippen LogP contribution in [0.15, 0.2) is 46.9 Å². The van der Waals surface area contributed by atoms with E-state index in [0.717, 1.165) is 28.9 Å². The zero-order valence-electron chi connectivity index (χ0n) is 12.5. The van der Waals surface area contributed by atoms with Crippen LogP contribution in [-0.4, -0.2) is 19.1 Å². The third kappa shape index (κ3) is 4.56. The predicted molar refractivity (Wildman–Crippen MR) is 90.2 cm³/mol. The largest absolute Gasteiger partial charge is 0.496 e. The number of nitrogens with zero attached hydrogens (tertiary/aromatic N) is 1. The van der Waals surface area contributed by atoms with Gasteiger partial charge in [-0.3, -0.25) is 4.90 Å². The molecular formula is C17H21BrN2O. The standard InChI is InChI=1S/C17H21BrN2O/c1-20(11-13-4-3-5-16(18)9-13)12-14-6-7-17(21-2)15(8-14)10-19/h3-9H,10-12,19H2,1-2H3. The smallest absolute Gasteiger partial charge is 0.123 e. The van der Waals surface area contributed by atoms with Crippen molar-refractivity contribution in [2.24, 2.45) is 5.73 Å². The van der Waals surface area contributed by atoms with Crippen LogP contribution in [0.5, 0.6) is 5.75 Å². The van der Waals surface area contributed by atoms with Gasteiger partial charge in [-0.25, -0.2) is 0 Å². The van der Waals surface area contributed by atoms with Crippen LogP contribution in [0.1, 0.15) is 16.7 Å². The number of hydrogen-bond acceptors (Lipinski definition) is 3. The Morgan fingerprint density at radius 1 is 1.10 bits per heavy atom. The van der Waals surface area contributed by atoms with Gasteiger partial charge in [0, 0.05) is 29.7 Å². The van der Waals surface area contributed by atoms with Crippen LogP contribution >= 0.6 is 15.9 Å². The van der Waals surface area contributed by atoms with Gasteiger partial charge in [0.05, 0.1) is 7.11 Å². The first-order chi connectivity index (χ1) is 10.1. The fraction of sp³-hybridized carbons (Fsp3) is 0.294. The lowest BCUT2D eigenvalue weighted by atomic mass is 10.1. The molecule has 0 heterocycles. The van der Waals surface area contributed by atoms with Crippen molar-refractivity contribution in [1.29, 1.82) is 0 Å². The number of rotatable bonds is 6. The van der Waals surface area contributed by atoms with Gasteiger partial charge in [-0.05, 0) is 42.4 Å². The second-order valence-corrected chi connectivity index (χ2v) is 6.07. The summed E-state index contributed by atoms with van der Waals surface area (Å²) in [4.78, 5) is 2.28. The molecule has 0 aromatic heterocycles. The van der Waals surface area contributed by atoms with E-state index < -0.39 is 0 Å². The molecule has 21 heavy (non-hydrogen) atoms. The Kier molecular flexibility index (Phi) is 5.79. The molecule has 0 saturated carbocycles. The monoisotopic (exact) mass is 348 g/mol. The second kappa shape index (κ2) is 7.59. The minimum atomic E-state index is 0.492. The van der Waals surface area contributed by atoms with Crippen LogP contribution in [0.3, 0.4) is 0 Å². The number of methoxy groups -OCH3 is 1. The van der Waals surface area contributed by atoms with E-state index in [2.05, 4.69) is 58.2 Å². The molecule has 0 spiro atoms. The number of benzene rings is 2. The SMILES string of the molecule is COc1ccc(CN(C)Cc2cccc(Br)c2)cc1CN. The van der Waals surface area contributed by atoms with Gasteiger partial charge in [0.15, 0.2) is 0 Å². The first-order valence-electron chi connectivity index (χ1n) is 6.91. The van der Waals surface area contributed by atoms with E-state index in [1.165, 1.54) is 11.1 Å². The third-order valence-corrected chi connectivity index (χ3v) is 3.85. The molecule has 0 radical (unpaired) electrons. The molecule has 0 amide bonds. The Hall–Kier alpha value is -1.36. The van der Waals surface area contributed by atoms with E-state index in [9.17, 15) is 0 Å². The summed E-state index contributed by atoms with van der Waals surface area (Å²) in [6.45, 7) is 2.28. The van der Waals surface area contributed by atoms with Crippen LogP contribution in [-0.2, 0) is 19.6 Å². The minimum absolute atomic E-state index is 0.492. The van der Waals surface area contributed by atoms with E-state index >= 15 is 0 Å². The molecule has 2 aromatic carbocycles. The van der Waals surface area contributed by atoms with Gasteiger partial charge in [-0.2, -0.15) is 0 Å². The molecule has 112 valence electrons. The van der Waals surface area contributed by atoms with Crippen LogP contribution in [0.2, 0.25) is 0 Å². The Bertz CT molecular complexity index is 601. The minimum Gasteiger partial charge on any atom is -0.496 e. The Labute approximate surface area is 134 Å². The zero-order chi connectivity index (χ0) is 15.2. The van der Waals surface area contributed by atoms with Crippen LogP contribution < -0.4 is 10.5 Å². The highest BCUT2D eigenvalue weighted by atomic mass is 79.9. The molecule has 2 N–H and O–H groups in total. The van der Waals surface area contributed by atoms with Gasteiger partial charge in [-0.15, -0.1) is 0 Å². The average molecular weight is 349 g/mol. The van der Waals surface area contributed by atoms with Gasteiger partial charge in [0.2, 0.25) is 0 Å². The molecule has 2 aromatic rings. The summed E-state index contributed by atoms with van der Waals surface area (Å²) in [6, 6.07) is 14.6. The van der Waals surface area contributed by atoms with Crippen molar-refractivity contribution in [1.82, 2.24) is 4.90 Å². The van der Waals surface area contributed by atoms with Crippen molar-refractivity contribution in [3.63, 3.8) is 0 Å². The number of nitrogens with two attached hydrogens (primary N) is 1. The summed E-state index contributed by atoms with van der Waals surface area (Å²) in [5.74, 6) is 0.857. The Morgan fingerprint density at radius 2 is 1.81 bits per heavy atom. The molecule has 0 aliphatic carbocycles. The fourth-order valence-corrected chi connectivity index (χ4v) is 2.85. The number of hydrogen-bond donors (Lipinski definition) is 1. The number of ether oxygens (including phenoxy) is 1. The average Bonchev–Trinajstić information content (AvgIpc) is 2.47. The predicted octanol–water partition coefficient (Wildman–Crippen LogP) is 3.55. The van der Waals surface area contributed by atoms with E-state index in [-0.39, 0.29) is 0 Å². The summed E-state index contributed by atoms with van der Waals surface area (Å²) >= 11 is 3.51. The molecule has 0 unspecified atom stereocenters. The lowest BCUT2D eigenvalue weighted by molar-refractivity contribution is 0.318. The Morgan fingerprint density at radius 3 is 2.43 bits per heavy atom. The normalized spacial score (nSPS) is 10.9. The summed E-state index contributed by atoms with van der Waals surface area (Å²) in [5.41, 5.74) is 9.35. The Balaban J connectivity index is 2.04. The van der Waals surface area contributed by atoms with E-state index in [4.69, 9.17) is 10.5 Å². The highest BCUT2D eigenvalue weighted by Crippen LogP contribution is 2.20. The van der Waals surface area contributed by atoms with Crippen molar-refractivity contribution in [2.45, 2.75) is 19.6 Å². The summed E-state index contributed by atoms with van der Waals surface area (Å²) in [7, 11) is 3.79. The maximum absolute atomic E-state index is 5.77. The van der Waals surface area contributed by atoms with Gasteiger partial charge >= 0.3 is 0 Å². The van der Waals surface area contributed by atoms with E-state index in [1.54, 1.807) is 7.11 Å². The van der Waals surface area contributed by atoms with E-state index in [1.807, 2.05) is 12.1 Å². The molecule has 0 saturated heterocycles. The lowest BCUT2D eigenvalue weighted by Crippen LogP contribution is -2.17. The van der Waals surface area contributed by atoms with Crippen molar-refractivity contribution >= 4 is 15.9 Å². The highest BCUT2D eigenvalue weighted by Gasteiger charge is 2.06. The summed E-state index contributed by atoms with van der Waals surface area (Å²) in [6.07, 6.45) is 0. The van der Waals surface area contributed by atoms with Gasteiger partial charge in [-0.1, -0.05) is 34.1 Å². The molecule has 2 rings (SSSR count). The lowest BCUT2D eigenvalue weighted by Gasteiger charge is -2.18. The quantitative estimate of drug-likeness (QED) is 0.867. The second-order valence-electron chi connectivity index (χ2n) is 5.15. The van der Waals surface area contributed by atoms with Gasteiger partial charge < -0.3 is 10.5 Å². The van der Waals surface area contributed by atoms with Crippen molar-refractivity contribution in [2.75, 3.05) is 14.2 Å². The molecule has 0 aliphatic rings. The highest BCUT2D eigenvalue weighted by molar-refractivity contribution is 9.10. The molecular weight excluding hydrogens is 328 g/mol. The summed E-state index contributed by atoms with van der Waals surface area (Å²) < 4.78 is 6.42. The molecule has 0 fully saturated rings. The third-order valence-electron chi connectivity index (χ3n) is 3.36. The summed E-state index contributed by atoms with van der Waals surface area (Å²) in [5, 5.41) is 0. The molecule has 0 bridgehead atoms. The zero-order valence-corrected chi connectivity index (χ0v) is 14.1. The van der Waals surface area contributed by atoms with Crippen molar-refractivity contribution in [3.8, 4) is 5.75 Å².